The molecule has 2 heteroatoms. The summed E-state index contributed by atoms with van der Waals surface area (Å²) in [5.74, 6) is 0. The average Bonchev–Trinajstić information content (AvgIpc) is 2.98. The van der Waals surface area contributed by atoms with Gasteiger partial charge in [-0.15, -0.1) is 0 Å². The van der Waals surface area contributed by atoms with Gasteiger partial charge in [-0.2, -0.15) is 0 Å². The molecule has 74 valence electrons. The summed E-state index contributed by atoms with van der Waals surface area (Å²) in [5.41, 5.74) is 5.92. The lowest BCUT2D eigenvalue weighted by molar-refractivity contribution is -0.0736. The first-order chi connectivity index (χ1) is 6.18. The smallest absolute Gasteiger partial charge is 0.0771 e. The molecule has 0 aromatic rings. The van der Waals surface area contributed by atoms with Gasteiger partial charge < -0.3 is 10.8 Å². The van der Waals surface area contributed by atoms with Gasteiger partial charge in [0.25, 0.3) is 0 Å². The van der Waals surface area contributed by atoms with Crippen molar-refractivity contribution in [2.45, 2.75) is 50.5 Å². The molecule has 0 aliphatic heterocycles. The number of hydrogen-bond donors (Lipinski definition) is 2. The summed E-state index contributed by atoms with van der Waals surface area (Å²) in [5, 5.41) is 10.8. The highest BCUT2D eigenvalue weighted by Crippen LogP contribution is 2.73. The van der Waals surface area contributed by atoms with Gasteiger partial charge in [-0.25, -0.2) is 0 Å². The molecule has 3 aliphatic rings. The van der Waals surface area contributed by atoms with Gasteiger partial charge >= 0.3 is 0 Å². The Hall–Kier alpha value is -0.0800. The van der Waals surface area contributed by atoms with Crippen LogP contribution in [-0.2, 0) is 0 Å². The molecule has 3 fully saturated rings. The quantitative estimate of drug-likeness (QED) is 0.676. The predicted molar refractivity (Wildman–Crippen MR) is 51.2 cm³/mol. The van der Waals surface area contributed by atoms with Crippen LogP contribution in [0.15, 0.2) is 0 Å². The van der Waals surface area contributed by atoms with E-state index >= 15 is 0 Å². The van der Waals surface area contributed by atoms with Crippen LogP contribution in [-0.4, -0.2) is 17.3 Å². The van der Waals surface area contributed by atoms with E-state index in [0.29, 0.717) is 12.0 Å². The summed E-state index contributed by atoms with van der Waals surface area (Å²) in [6, 6.07) is 0. The fourth-order valence-electron chi connectivity index (χ4n) is 3.73. The van der Waals surface area contributed by atoms with Gasteiger partial charge in [-0.3, -0.25) is 0 Å². The Morgan fingerprint density at radius 2 is 1.69 bits per heavy atom. The molecule has 13 heavy (non-hydrogen) atoms. The Balaban J connectivity index is 1.95. The van der Waals surface area contributed by atoms with Crippen LogP contribution in [0.2, 0.25) is 0 Å². The first-order valence-electron chi connectivity index (χ1n) is 5.61. The molecular formula is C11H19NO. The summed E-state index contributed by atoms with van der Waals surface area (Å²) in [4.78, 5) is 0. The lowest BCUT2D eigenvalue weighted by Crippen LogP contribution is -2.47. The van der Waals surface area contributed by atoms with Crippen molar-refractivity contribution in [3.63, 3.8) is 0 Å². The fourth-order valence-corrected chi connectivity index (χ4v) is 3.73. The number of hydrogen-bond acceptors (Lipinski definition) is 2. The molecule has 1 atom stereocenters. The van der Waals surface area contributed by atoms with Gasteiger partial charge in [-0.1, -0.05) is 0 Å². The van der Waals surface area contributed by atoms with Crippen molar-refractivity contribution in [1.82, 2.24) is 0 Å². The average molecular weight is 181 g/mol. The lowest BCUT2D eigenvalue weighted by atomic mass is 9.74. The number of rotatable bonds is 2. The minimum atomic E-state index is -0.366. The molecule has 3 N–H and O–H groups in total. The Bertz CT molecular complexity index is 242. The van der Waals surface area contributed by atoms with E-state index in [-0.39, 0.29) is 11.0 Å². The van der Waals surface area contributed by atoms with Crippen LogP contribution in [0.5, 0.6) is 0 Å². The SMILES string of the molecule is NCC1(C2(O)CCCC23CC3)CC1. The highest BCUT2D eigenvalue weighted by molar-refractivity contribution is 5.23. The molecule has 1 unspecified atom stereocenters. The van der Waals surface area contributed by atoms with E-state index in [1.54, 1.807) is 0 Å². The van der Waals surface area contributed by atoms with E-state index in [1.807, 2.05) is 0 Å². The van der Waals surface area contributed by atoms with Crippen LogP contribution in [0.3, 0.4) is 0 Å². The summed E-state index contributed by atoms with van der Waals surface area (Å²) in [6.45, 7) is 0.700. The third-order valence-corrected chi connectivity index (χ3v) is 5.05. The molecule has 3 aliphatic carbocycles. The Morgan fingerprint density at radius 1 is 1.00 bits per heavy atom. The van der Waals surface area contributed by atoms with E-state index < -0.39 is 0 Å². The van der Waals surface area contributed by atoms with Crippen LogP contribution in [0.1, 0.15) is 44.9 Å². The lowest BCUT2D eigenvalue weighted by Gasteiger charge is -2.38. The van der Waals surface area contributed by atoms with Crippen LogP contribution in [0.25, 0.3) is 0 Å². The normalized spacial score (nSPS) is 43.8. The first-order valence-corrected chi connectivity index (χ1v) is 5.61. The molecule has 0 bridgehead atoms. The minimum Gasteiger partial charge on any atom is -0.389 e. The Morgan fingerprint density at radius 3 is 2.15 bits per heavy atom. The molecule has 0 radical (unpaired) electrons. The van der Waals surface area contributed by atoms with Gasteiger partial charge in [0, 0.05) is 12.0 Å². The van der Waals surface area contributed by atoms with Crippen molar-refractivity contribution in [3.05, 3.63) is 0 Å². The van der Waals surface area contributed by atoms with Crippen molar-refractivity contribution in [2.24, 2.45) is 16.6 Å². The van der Waals surface area contributed by atoms with Gasteiger partial charge in [-0.05, 0) is 50.4 Å². The second-order valence-corrected chi connectivity index (χ2v) is 5.48. The third-order valence-electron chi connectivity index (χ3n) is 5.05. The second kappa shape index (κ2) is 2.12. The molecule has 1 spiro atoms. The van der Waals surface area contributed by atoms with E-state index in [2.05, 4.69) is 0 Å². The number of aliphatic hydroxyl groups is 1. The molecule has 3 saturated carbocycles. The zero-order valence-corrected chi connectivity index (χ0v) is 8.18. The zero-order valence-electron chi connectivity index (χ0n) is 8.18. The fraction of sp³-hybridized carbons (Fsp3) is 1.00. The maximum absolute atomic E-state index is 10.8. The Labute approximate surface area is 79.5 Å². The van der Waals surface area contributed by atoms with Gasteiger partial charge in [0.05, 0.1) is 5.60 Å². The second-order valence-electron chi connectivity index (χ2n) is 5.48. The van der Waals surface area contributed by atoms with Gasteiger partial charge in [0.2, 0.25) is 0 Å². The molecule has 2 nitrogen and oxygen atoms in total. The van der Waals surface area contributed by atoms with E-state index in [9.17, 15) is 5.11 Å². The Kier molecular flexibility index (Phi) is 1.34. The van der Waals surface area contributed by atoms with Crippen LogP contribution < -0.4 is 5.73 Å². The van der Waals surface area contributed by atoms with E-state index in [4.69, 9.17) is 5.73 Å². The molecule has 0 heterocycles. The van der Waals surface area contributed by atoms with Crippen LogP contribution in [0.4, 0.5) is 0 Å². The van der Waals surface area contributed by atoms with Crippen molar-refractivity contribution >= 4 is 0 Å². The van der Waals surface area contributed by atoms with Crippen molar-refractivity contribution in [1.29, 1.82) is 0 Å². The third kappa shape index (κ3) is 0.774. The van der Waals surface area contributed by atoms with Gasteiger partial charge in [0.1, 0.15) is 0 Å². The maximum Gasteiger partial charge on any atom is 0.0771 e. The molecule has 0 amide bonds. The molecule has 0 saturated heterocycles. The summed E-state index contributed by atoms with van der Waals surface area (Å²) in [7, 11) is 0. The largest absolute Gasteiger partial charge is 0.389 e. The summed E-state index contributed by atoms with van der Waals surface area (Å²) < 4.78 is 0. The van der Waals surface area contributed by atoms with Crippen LogP contribution in [0, 0.1) is 10.8 Å². The maximum atomic E-state index is 10.8. The van der Waals surface area contributed by atoms with Crippen molar-refractivity contribution in [3.8, 4) is 0 Å². The highest BCUT2D eigenvalue weighted by atomic mass is 16.3. The number of nitrogens with two attached hydrogens (primary N) is 1. The van der Waals surface area contributed by atoms with E-state index in [1.165, 1.54) is 38.5 Å². The standard InChI is InChI=1S/C11H19NO/c12-8-10(6-7-10)11(13)3-1-2-9(11)4-5-9/h13H,1-8,12H2. The molecular weight excluding hydrogens is 162 g/mol. The predicted octanol–water partition coefficient (Wildman–Crippen LogP) is 1.42. The minimum absolute atomic E-state index is 0.139. The summed E-state index contributed by atoms with van der Waals surface area (Å²) >= 11 is 0. The zero-order chi connectivity index (χ0) is 9.16. The van der Waals surface area contributed by atoms with Gasteiger partial charge in [0.15, 0.2) is 0 Å². The highest BCUT2D eigenvalue weighted by Gasteiger charge is 2.72. The van der Waals surface area contributed by atoms with Crippen molar-refractivity contribution in [2.75, 3.05) is 6.54 Å². The van der Waals surface area contributed by atoms with Crippen LogP contribution >= 0.6 is 0 Å². The summed E-state index contributed by atoms with van der Waals surface area (Å²) in [6.07, 6.45) is 8.34. The molecule has 0 aromatic carbocycles. The molecule has 0 aromatic heterocycles. The van der Waals surface area contributed by atoms with Crippen molar-refractivity contribution < 1.29 is 5.11 Å². The monoisotopic (exact) mass is 181 g/mol. The first kappa shape index (κ1) is 8.25. The van der Waals surface area contributed by atoms with E-state index in [0.717, 1.165) is 6.42 Å². The topological polar surface area (TPSA) is 46.2 Å². The molecule has 3 rings (SSSR count).